The summed E-state index contributed by atoms with van der Waals surface area (Å²) in [4.78, 5) is 25.0. The summed E-state index contributed by atoms with van der Waals surface area (Å²) in [5.74, 6) is -0.587. The van der Waals surface area contributed by atoms with E-state index in [2.05, 4.69) is 10.6 Å². The lowest BCUT2D eigenvalue weighted by Gasteiger charge is -2.23. The quantitative estimate of drug-likeness (QED) is 0.759. The number of nitrogens with one attached hydrogen (secondary N) is 2. The Labute approximate surface area is 142 Å². The van der Waals surface area contributed by atoms with Crippen molar-refractivity contribution in [1.82, 2.24) is 10.6 Å². The minimum Gasteiger partial charge on any atom is -0.352 e. The van der Waals surface area contributed by atoms with Gasteiger partial charge in [0.05, 0.1) is 0 Å². The third-order valence-corrected chi connectivity index (χ3v) is 3.42. The minimum atomic E-state index is -0.777. The Morgan fingerprint density at radius 1 is 1.00 bits per heavy atom. The fourth-order valence-electron chi connectivity index (χ4n) is 2.17. The van der Waals surface area contributed by atoms with Gasteiger partial charge >= 0.3 is 0 Å². The van der Waals surface area contributed by atoms with E-state index in [0.717, 1.165) is 0 Å². The molecular formula is C19H23N3O2. The van der Waals surface area contributed by atoms with Crippen LogP contribution in [0.2, 0.25) is 0 Å². The Bertz CT molecular complexity index is 679. The minimum absolute atomic E-state index is 0.288. The molecule has 0 bridgehead atoms. The molecule has 0 aliphatic heterocycles. The van der Waals surface area contributed by atoms with E-state index in [9.17, 15) is 9.59 Å². The average Bonchev–Trinajstić information content (AvgIpc) is 2.58. The van der Waals surface area contributed by atoms with Gasteiger partial charge in [0.2, 0.25) is 5.91 Å². The maximum Gasteiger partial charge on any atom is 0.252 e. The summed E-state index contributed by atoms with van der Waals surface area (Å²) < 4.78 is 0. The van der Waals surface area contributed by atoms with Crippen LogP contribution in [0, 0.1) is 0 Å². The molecular weight excluding hydrogens is 302 g/mol. The fourth-order valence-corrected chi connectivity index (χ4v) is 2.17. The van der Waals surface area contributed by atoms with E-state index < -0.39 is 11.6 Å². The van der Waals surface area contributed by atoms with E-state index in [1.165, 1.54) is 0 Å². The molecule has 0 fully saturated rings. The number of benzene rings is 2. The first-order valence-electron chi connectivity index (χ1n) is 7.84. The van der Waals surface area contributed by atoms with Crippen molar-refractivity contribution in [3.8, 4) is 0 Å². The van der Waals surface area contributed by atoms with E-state index >= 15 is 0 Å². The molecule has 1 unspecified atom stereocenters. The van der Waals surface area contributed by atoms with Crippen LogP contribution in [0.15, 0.2) is 60.7 Å². The average molecular weight is 325 g/mol. The van der Waals surface area contributed by atoms with E-state index in [1.54, 1.807) is 24.3 Å². The highest BCUT2D eigenvalue weighted by molar-refractivity contribution is 5.97. The zero-order valence-electron chi connectivity index (χ0n) is 14.0. The Balaban J connectivity index is 2.17. The van der Waals surface area contributed by atoms with E-state index in [0.29, 0.717) is 17.7 Å². The molecule has 0 heterocycles. The van der Waals surface area contributed by atoms with Gasteiger partial charge < -0.3 is 16.4 Å². The zero-order chi connectivity index (χ0) is 17.6. The number of carbonyl (C=O) groups is 2. The molecule has 5 heteroatoms. The van der Waals surface area contributed by atoms with E-state index in [1.807, 2.05) is 50.2 Å². The molecule has 126 valence electrons. The van der Waals surface area contributed by atoms with Crippen LogP contribution in [0.3, 0.4) is 0 Å². The van der Waals surface area contributed by atoms with E-state index in [4.69, 9.17) is 5.73 Å². The molecule has 0 aliphatic carbocycles. The Hall–Kier alpha value is -2.66. The van der Waals surface area contributed by atoms with Crippen LogP contribution < -0.4 is 16.4 Å². The largest absolute Gasteiger partial charge is 0.352 e. The Kier molecular flexibility index (Phi) is 5.71. The summed E-state index contributed by atoms with van der Waals surface area (Å²) in [5.41, 5.74) is 6.61. The summed E-state index contributed by atoms with van der Waals surface area (Å²) in [6, 6.07) is 17.2. The second-order valence-corrected chi connectivity index (χ2v) is 6.39. The van der Waals surface area contributed by atoms with Gasteiger partial charge in [-0.25, -0.2) is 0 Å². The third-order valence-electron chi connectivity index (χ3n) is 3.42. The summed E-state index contributed by atoms with van der Waals surface area (Å²) >= 11 is 0. The van der Waals surface area contributed by atoms with Gasteiger partial charge in [-0.3, -0.25) is 9.59 Å². The molecule has 5 nitrogen and oxygen atoms in total. The maximum absolute atomic E-state index is 12.6. The van der Waals surface area contributed by atoms with Crippen molar-refractivity contribution in [2.24, 2.45) is 5.73 Å². The highest BCUT2D eigenvalue weighted by Gasteiger charge is 2.24. The molecule has 2 aromatic carbocycles. The van der Waals surface area contributed by atoms with Crippen LogP contribution in [-0.2, 0) is 4.79 Å². The van der Waals surface area contributed by atoms with Crippen LogP contribution in [0.1, 0.15) is 35.8 Å². The standard InChI is InChI=1S/C19H23N3O2/c1-19(2,20)13-21-18(24)16(14-9-5-3-6-10-14)22-17(23)15-11-7-4-8-12-15/h3-12,16H,13,20H2,1-2H3,(H,21,24)(H,22,23). The first-order chi connectivity index (χ1) is 11.4. The van der Waals surface area contributed by atoms with Gasteiger partial charge in [-0.15, -0.1) is 0 Å². The number of hydrogen-bond acceptors (Lipinski definition) is 3. The topological polar surface area (TPSA) is 84.2 Å². The Morgan fingerprint density at radius 2 is 1.54 bits per heavy atom. The van der Waals surface area contributed by atoms with Crippen molar-refractivity contribution in [3.05, 3.63) is 71.8 Å². The summed E-state index contributed by atoms with van der Waals surface area (Å²) in [5, 5.41) is 5.59. The van der Waals surface area contributed by atoms with Gasteiger partial charge in [0.15, 0.2) is 0 Å². The Morgan fingerprint density at radius 3 is 2.08 bits per heavy atom. The molecule has 0 saturated heterocycles. The van der Waals surface area contributed by atoms with Crippen molar-refractivity contribution in [2.75, 3.05) is 6.54 Å². The van der Waals surface area contributed by atoms with Crippen LogP contribution in [0.5, 0.6) is 0 Å². The molecule has 2 aromatic rings. The maximum atomic E-state index is 12.6. The van der Waals surface area contributed by atoms with Crippen LogP contribution in [0.4, 0.5) is 0 Å². The zero-order valence-corrected chi connectivity index (χ0v) is 14.0. The normalized spacial score (nSPS) is 12.3. The highest BCUT2D eigenvalue weighted by atomic mass is 16.2. The smallest absolute Gasteiger partial charge is 0.252 e. The van der Waals surface area contributed by atoms with Gasteiger partial charge in [-0.05, 0) is 31.5 Å². The lowest BCUT2D eigenvalue weighted by atomic mass is 10.0. The molecule has 1 atom stereocenters. The SMILES string of the molecule is CC(C)(N)CNC(=O)C(NC(=O)c1ccccc1)c1ccccc1. The lowest BCUT2D eigenvalue weighted by Crippen LogP contribution is -2.48. The van der Waals surface area contributed by atoms with Crippen molar-refractivity contribution >= 4 is 11.8 Å². The first kappa shape index (κ1) is 17.7. The second-order valence-electron chi connectivity index (χ2n) is 6.39. The number of hydrogen-bond donors (Lipinski definition) is 3. The molecule has 0 saturated carbocycles. The van der Waals surface area contributed by atoms with Crippen LogP contribution >= 0.6 is 0 Å². The summed E-state index contributed by atoms with van der Waals surface area (Å²) in [6.07, 6.45) is 0. The first-order valence-corrected chi connectivity index (χ1v) is 7.84. The van der Waals surface area contributed by atoms with Crippen molar-refractivity contribution in [2.45, 2.75) is 25.4 Å². The molecule has 2 rings (SSSR count). The number of amides is 2. The molecule has 0 spiro atoms. The fraction of sp³-hybridized carbons (Fsp3) is 0.263. The highest BCUT2D eigenvalue weighted by Crippen LogP contribution is 2.14. The van der Waals surface area contributed by atoms with Gasteiger partial charge in [0, 0.05) is 17.6 Å². The third kappa shape index (κ3) is 5.21. The predicted octanol–water partition coefficient (Wildman–Crippen LogP) is 2.01. The number of carbonyl (C=O) groups excluding carboxylic acids is 2. The predicted molar refractivity (Wildman–Crippen MR) is 94.4 cm³/mol. The molecule has 0 radical (unpaired) electrons. The van der Waals surface area contributed by atoms with Crippen LogP contribution in [0.25, 0.3) is 0 Å². The van der Waals surface area contributed by atoms with E-state index in [-0.39, 0.29) is 11.8 Å². The van der Waals surface area contributed by atoms with Crippen molar-refractivity contribution in [1.29, 1.82) is 0 Å². The lowest BCUT2D eigenvalue weighted by molar-refractivity contribution is -0.123. The van der Waals surface area contributed by atoms with Gasteiger partial charge in [0.25, 0.3) is 5.91 Å². The molecule has 4 N–H and O–H groups in total. The van der Waals surface area contributed by atoms with Crippen LogP contribution in [-0.4, -0.2) is 23.9 Å². The monoisotopic (exact) mass is 325 g/mol. The number of rotatable bonds is 6. The molecule has 24 heavy (non-hydrogen) atoms. The number of nitrogens with two attached hydrogens (primary N) is 1. The van der Waals surface area contributed by atoms with Gasteiger partial charge in [0.1, 0.15) is 6.04 Å². The molecule has 0 aromatic heterocycles. The molecule has 0 aliphatic rings. The van der Waals surface area contributed by atoms with Crippen molar-refractivity contribution < 1.29 is 9.59 Å². The van der Waals surface area contributed by atoms with Crippen molar-refractivity contribution in [3.63, 3.8) is 0 Å². The molecule has 2 amide bonds. The summed E-state index contributed by atoms with van der Waals surface area (Å²) in [7, 11) is 0. The van der Waals surface area contributed by atoms with Gasteiger partial charge in [-0.1, -0.05) is 48.5 Å². The second kappa shape index (κ2) is 7.75. The summed E-state index contributed by atoms with van der Waals surface area (Å²) in [6.45, 7) is 3.97. The van der Waals surface area contributed by atoms with Gasteiger partial charge in [-0.2, -0.15) is 0 Å².